The molecule has 0 aromatic heterocycles. The first-order valence-electron chi connectivity index (χ1n) is 15.9. The van der Waals surface area contributed by atoms with Crippen LogP contribution in [0, 0.1) is 22.7 Å². The van der Waals surface area contributed by atoms with Crippen LogP contribution in [-0.2, 0) is 18.9 Å². The zero-order valence-electron chi connectivity index (χ0n) is 26.6. The highest BCUT2D eigenvalue weighted by molar-refractivity contribution is 5.23. The van der Waals surface area contributed by atoms with Crippen molar-refractivity contribution in [3.8, 4) is 0 Å². The minimum Gasteiger partial charge on any atom is -0.392 e. The third-order valence-electron chi connectivity index (χ3n) is 11.9. The van der Waals surface area contributed by atoms with Gasteiger partial charge in [0.1, 0.15) is 36.6 Å². The molecule has 0 bridgehead atoms. The monoisotopic (exact) mass is 600 g/mol. The summed E-state index contributed by atoms with van der Waals surface area (Å²) in [5.41, 5.74) is 0.288. The highest BCUT2D eigenvalue weighted by atomic mass is 16.8. The molecule has 1 saturated carbocycles. The topological polar surface area (TPSA) is 158 Å². The summed E-state index contributed by atoms with van der Waals surface area (Å²) in [6.07, 6.45) is -5.47. The van der Waals surface area contributed by atoms with Gasteiger partial charge in [0.25, 0.3) is 0 Å². The van der Waals surface area contributed by atoms with E-state index in [2.05, 4.69) is 33.8 Å². The summed E-state index contributed by atoms with van der Waals surface area (Å²) >= 11 is 0. The van der Waals surface area contributed by atoms with Crippen LogP contribution < -0.4 is 0 Å². The van der Waals surface area contributed by atoms with Crippen LogP contribution in [0.25, 0.3) is 0 Å². The van der Waals surface area contributed by atoms with Gasteiger partial charge < -0.3 is 49.6 Å². The first kappa shape index (κ1) is 34.2. The minimum absolute atomic E-state index is 0.0389. The van der Waals surface area contributed by atoms with Crippen molar-refractivity contribution in [3.63, 3.8) is 0 Å². The Labute approximate surface area is 251 Å². The molecule has 0 spiro atoms. The Morgan fingerprint density at radius 1 is 0.905 bits per heavy atom. The largest absolute Gasteiger partial charge is 0.392 e. The molecule has 0 unspecified atom stereocenters. The Kier molecular flexibility index (Phi) is 10.3. The summed E-state index contributed by atoms with van der Waals surface area (Å²) < 4.78 is 24.3. The molecule has 2 aliphatic carbocycles. The highest BCUT2D eigenvalue weighted by Crippen LogP contribution is 2.62. The van der Waals surface area contributed by atoms with Crippen LogP contribution in [-0.4, -0.2) is 104 Å². The number of aliphatic hydroxyl groups is 6. The standard InChI is InChI=1S/C32H56O10/c1-9-30(6,13-14-31(7)17(3)15-21(33)32(8)16(2)11-10-12-20(31)32)42-29-27(25(37)23(35)19(5)40-29)41-28-26(38)24(36)22(34)18(4)39-28/h11,17-29,33-38H,9-10,12-15H2,1-8H3/t17-,18-,19-,20-,21-,22+,23-,24+,25+,26-,27+,28+,29-,30-,31-,32+/m0/s1. The minimum atomic E-state index is -1.58. The number of hydrogen-bond donors (Lipinski definition) is 6. The van der Waals surface area contributed by atoms with Crippen molar-refractivity contribution >= 4 is 0 Å². The first-order valence-corrected chi connectivity index (χ1v) is 15.9. The maximum Gasteiger partial charge on any atom is 0.187 e. The van der Waals surface area contributed by atoms with Crippen molar-refractivity contribution in [3.05, 3.63) is 11.6 Å². The zero-order chi connectivity index (χ0) is 31.4. The summed E-state index contributed by atoms with van der Waals surface area (Å²) in [7, 11) is 0. The SMILES string of the molecule is CC[C@@](C)(CC[C@@]1(C)[C@@H](C)C[C@H](O)[C@]2(C)C(C)=CCC[C@@H]12)O[C@@H]1O[C@@H](C)[C@H](O)[C@@H](O)[C@H]1O[C@H]1O[C@@H](C)[C@@H](O)[C@@H](O)[C@@H]1O. The molecule has 0 aromatic carbocycles. The Morgan fingerprint density at radius 2 is 1.50 bits per heavy atom. The first-order chi connectivity index (χ1) is 19.5. The molecule has 4 rings (SSSR count). The third kappa shape index (κ3) is 5.98. The van der Waals surface area contributed by atoms with E-state index >= 15 is 0 Å². The second-order valence-electron chi connectivity index (χ2n) is 14.4. The fraction of sp³-hybridized carbons (Fsp3) is 0.938. The molecule has 2 saturated heterocycles. The second kappa shape index (κ2) is 12.6. The van der Waals surface area contributed by atoms with E-state index in [1.165, 1.54) is 5.57 Å². The Morgan fingerprint density at radius 3 is 2.12 bits per heavy atom. The molecule has 6 N–H and O–H groups in total. The van der Waals surface area contributed by atoms with Gasteiger partial charge in [-0.05, 0) is 83.5 Å². The molecule has 10 heteroatoms. The van der Waals surface area contributed by atoms with Gasteiger partial charge >= 0.3 is 0 Å². The summed E-state index contributed by atoms with van der Waals surface area (Å²) in [5, 5.41) is 63.8. The Balaban J connectivity index is 1.53. The smallest absolute Gasteiger partial charge is 0.187 e. The number of rotatable bonds is 8. The van der Waals surface area contributed by atoms with Gasteiger partial charge in [-0.15, -0.1) is 0 Å². The fourth-order valence-electron chi connectivity index (χ4n) is 8.04. The van der Waals surface area contributed by atoms with Gasteiger partial charge in [0.2, 0.25) is 0 Å². The normalized spacial score (nSPS) is 51.4. The maximum absolute atomic E-state index is 11.2. The van der Waals surface area contributed by atoms with Gasteiger partial charge in [-0.25, -0.2) is 0 Å². The third-order valence-corrected chi connectivity index (χ3v) is 11.9. The van der Waals surface area contributed by atoms with E-state index < -0.39 is 67.0 Å². The highest BCUT2D eigenvalue weighted by Gasteiger charge is 2.58. The van der Waals surface area contributed by atoms with E-state index in [1.807, 2.05) is 13.8 Å². The lowest BCUT2D eigenvalue weighted by Gasteiger charge is -2.60. The van der Waals surface area contributed by atoms with Crippen LogP contribution in [0.3, 0.4) is 0 Å². The average Bonchev–Trinajstić information content (AvgIpc) is 2.94. The summed E-state index contributed by atoms with van der Waals surface area (Å²) in [4.78, 5) is 0. The molecule has 244 valence electrons. The number of aliphatic hydroxyl groups excluding tert-OH is 6. The molecule has 10 nitrogen and oxygen atoms in total. The lowest BCUT2D eigenvalue weighted by atomic mass is 9.46. The summed E-state index contributed by atoms with van der Waals surface area (Å²) in [6.45, 7) is 16.2. The molecule has 0 aromatic rings. The van der Waals surface area contributed by atoms with E-state index in [1.54, 1.807) is 13.8 Å². The van der Waals surface area contributed by atoms with Crippen molar-refractivity contribution in [2.45, 2.75) is 167 Å². The summed E-state index contributed by atoms with van der Waals surface area (Å²) in [6, 6.07) is 0. The van der Waals surface area contributed by atoms with Crippen molar-refractivity contribution in [1.29, 1.82) is 0 Å². The maximum atomic E-state index is 11.2. The van der Waals surface area contributed by atoms with E-state index in [-0.39, 0.29) is 16.9 Å². The van der Waals surface area contributed by atoms with Gasteiger partial charge in [0.05, 0.1) is 23.9 Å². The molecule has 2 aliphatic heterocycles. The lowest BCUT2D eigenvalue weighted by molar-refractivity contribution is -0.373. The lowest BCUT2D eigenvalue weighted by Crippen LogP contribution is -2.64. The number of allylic oxidation sites excluding steroid dienone is 1. The molecular weight excluding hydrogens is 544 g/mol. The summed E-state index contributed by atoms with van der Waals surface area (Å²) in [5.74, 6) is 0.632. The predicted molar refractivity (Wildman–Crippen MR) is 155 cm³/mol. The molecule has 16 atom stereocenters. The fourth-order valence-corrected chi connectivity index (χ4v) is 8.04. The van der Waals surface area contributed by atoms with Gasteiger partial charge in [-0.1, -0.05) is 39.3 Å². The van der Waals surface area contributed by atoms with Crippen molar-refractivity contribution < 1.29 is 49.6 Å². The van der Waals surface area contributed by atoms with E-state index in [0.29, 0.717) is 24.7 Å². The predicted octanol–water partition coefficient (Wildman–Crippen LogP) is 2.40. The number of ether oxygens (including phenoxy) is 4. The molecular formula is C32H56O10. The van der Waals surface area contributed by atoms with Gasteiger partial charge in [-0.3, -0.25) is 0 Å². The zero-order valence-corrected chi connectivity index (χ0v) is 26.6. The number of fused-ring (bicyclic) bond motifs is 1. The van der Waals surface area contributed by atoms with Crippen LogP contribution >= 0.6 is 0 Å². The van der Waals surface area contributed by atoms with Crippen molar-refractivity contribution in [2.75, 3.05) is 0 Å². The van der Waals surface area contributed by atoms with Gasteiger partial charge in [0, 0.05) is 5.41 Å². The van der Waals surface area contributed by atoms with Crippen LogP contribution in [0.15, 0.2) is 11.6 Å². The molecule has 2 heterocycles. The van der Waals surface area contributed by atoms with Crippen LogP contribution in [0.2, 0.25) is 0 Å². The molecule has 4 aliphatic rings. The van der Waals surface area contributed by atoms with Crippen molar-refractivity contribution in [2.24, 2.45) is 22.7 Å². The van der Waals surface area contributed by atoms with E-state index in [0.717, 1.165) is 25.7 Å². The van der Waals surface area contributed by atoms with Crippen LogP contribution in [0.4, 0.5) is 0 Å². The van der Waals surface area contributed by atoms with Crippen LogP contribution in [0.1, 0.15) is 93.9 Å². The molecule has 42 heavy (non-hydrogen) atoms. The molecule has 3 fully saturated rings. The van der Waals surface area contributed by atoms with Crippen LogP contribution in [0.5, 0.6) is 0 Å². The Bertz CT molecular complexity index is 962. The second-order valence-corrected chi connectivity index (χ2v) is 14.4. The Hall–Kier alpha value is -0.660. The van der Waals surface area contributed by atoms with E-state index in [4.69, 9.17) is 18.9 Å². The van der Waals surface area contributed by atoms with Gasteiger partial charge in [0.15, 0.2) is 12.6 Å². The quantitative estimate of drug-likeness (QED) is 0.229. The molecule has 0 radical (unpaired) electrons. The average molecular weight is 601 g/mol. The van der Waals surface area contributed by atoms with Gasteiger partial charge in [-0.2, -0.15) is 0 Å². The number of hydrogen-bond acceptors (Lipinski definition) is 10. The molecule has 0 amide bonds. The van der Waals surface area contributed by atoms with E-state index in [9.17, 15) is 30.6 Å². The van der Waals surface area contributed by atoms with Crippen molar-refractivity contribution in [1.82, 2.24) is 0 Å².